The van der Waals surface area contributed by atoms with Gasteiger partial charge in [-0.05, 0) is 20.2 Å². The van der Waals surface area contributed by atoms with Gasteiger partial charge >= 0.3 is 0 Å². The van der Waals surface area contributed by atoms with E-state index >= 15 is 0 Å². The maximum atomic E-state index is 11.0. The van der Waals surface area contributed by atoms with E-state index in [9.17, 15) is 4.79 Å². The molecule has 14 heavy (non-hydrogen) atoms. The Balaban J connectivity index is 2.34. The van der Waals surface area contributed by atoms with Gasteiger partial charge in [-0.15, -0.1) is 0 Å². The van der Waals surface area contributed by atoms with Crippen molar-refractivity contribution in [3.8, 4) is 0 Å². The van der Waals surface area contributed by atoms with Gasteiger partial charge in [0.1, 0.15) is 0 Å². The van der Waals surface area contributed by atoms with E-state index in [4.69, 9.17) is 0 Å². The van der Waals surface area contributed by atoms with Gasteiger partial charge in [0.15, 0.2) is 0 Å². The molecule has 0 aromatic heterocycles. The third-order valence-corrected chi connectivity index (χ3v) is 2.68. The Morgan fingerprint density at radius 3 is 2.93 bits per heavy atom. The Bertz CT molecular complexity index is 217. The normalized spacial score (nSPS) is 24.6. The molecule has 4 nitrogen and oxygen atoms in total. The fourth-order valence-electron chi connectivity index (χ4n) is 1.61. The topological polar surface area (TPSA) is 35.6 Å². The minimum atomic E-state index is -0.0911. The predicted molar refractivity (Wildman–Crippen MR) is 57.1 cm³/mol. The lowest BCUT2D eigenvalue weighted by Crippen LogP contribution is -2.54. The number of nitrogens with zero attached hydrogens (tertiary/aromatic N) is 2. The fourth-order valence-corrected chi connectivity index (χ4v) is 1.61. The number of amides is 1. The number of hydrogen-bond donors (Lipinski definition) is 1. The number of hydrogen-bond acceptors (Lipinski definition) is 3. The van der Waals surface area contributed by atoms with E-state index in [1.165, 1.54) is 6.08 Å². The number of carbonyl (C=O) groups is 1. The highest BCUT2D eigenvalue weighted by Crippen LogP contribution is 2.04. The van der Waals surface area contributed by atoms with Gasteiger partial charge in [0, 0.05) is 32.2 Å². The molecule has 1 heterocycles. The molecule has 1 N–H and O–H groups in total. The van der Waals surface area contributed by atoms with Crippen molar-refractivity contribution in [2.45, 2.75) is 6.04 Å². The van der Waals surface area contributed by atoms with Gasteiger partial charge in [0.05, 0.1) is 0 Å². The number of piperazine rings is 1. The van der Waals surface area contributed by atoms with Crippen molar-refractivity contribution in [2.75, 3.05) is 40.3 Å². The summed E-state index contributed by atoms with van der Waals surface area (Å²) >= 11 is 0. The summed E-state index contributed by atoms with van der Waals surface area (Å²) in [4.78, 5) is 15.5. The maximum absolute atomic E-state index is 11.0. The maximum Gasteiger partial charge on any atom is 0.243 e. The van der Waals surface area contributed by atoms with Gasteiger partial charge in [-0.1, -0.05) is 6.58 Å². The Kier molecular flexibility index (Phi) is 4.10. The lowest BCUT2D eigenvalue weighted by Gasteiger charge is -2.37. The Labute approximate surface area is 85.6 Å². The van der Waals surface area contributed by atoms with E-state index in [1.54, 1.807) is 0 Å². The summed E-state index contributed by atoms with van der Waals surface area (Å²) in [6.07, 6.45) is 1.31. The molecule has 0 aromatic carbocycles. The molecule has 0 aliphatic carbocycles. The van der Waals surface area contributed by atoms with Crippen molar-refractivity contribution in [2.24, 2.45) is 0 Å². The summed E-state index contributed by atoms with van der Waals surface area (Å²) in [6, 6.07) is 0.414. The Morgan fingerprint density at radius 1 is 1.57 bits per heavy atom. The van der Waals surface area contributed by atoms with Crippen LogP contribution in [0.4, 0.5) is 0 Å². The van der Waals surface area contributed by atoms with Crippen molar-refractivity contribution in [1.82, 2.24) is 15.1 Å². The largest absolute Gasteiger partial charge is 0.351 e. The van der Waals surface area contributed by atoms with Crippen molar-refractivity contribution >= 4 is 5.91 Å². The fraction of sp³-hybridized carbons (Fsp3) is 0.700. The second kappa shape index (κ2) is 5.12. The van der Waals surface area contributed by atoms with E-state index in [0.29, 0.717) is 12.6 Å². The molecule has 1 rings (SSSR count). The van der Waals surface area contributed by atoms with Crippen LogP contribution in [0.25, 0.3) is 0 Å². The van der Waals surface area contributed by atoms with E-state index < -0.39 is 0 Å². The molecular weight excluding hydrogens is 178 g/mol. The van der Waals surface area contributed by atoms with E-state index in [0.717, 1.165) is 19.6 Å². The molecule has 0 saturated carbocycles. The number of rotatable bonds is 3. The van der Waals surface area contributed by atoms with Crippen molar-refractivity contribution in [3.05, 3.63) is 12.7 Å². The molecule has 80 valence electrons. The van der Waals surface area contributed by atoms with Gasteiger partial charge in [0.2, 0.25) is 5.91 Å². The molecule has 1 aliphatic rings. The van der Waals surface area contributed by atoms with Crippen molar-refractivity contribution < 1.29 is 4.79 Å². The number of likely N-dealkylation sites (N-methyl/N-ethyl adjacent to an activating group) is 2. The summed E-state index contributed by atoms with van der Waals surface area (Å²) < 4.78 is 0. The second-order valence-electron chi connectivity index (χ2n) is 3.85. The van der Waals surface area contributed by atoms with E-state index in [1.807, 2.05) is 0 Å². The molecule has 0 radical (unpaired) electrons. The standard InChI is InChI=1S/C10H19N3O/c1-4-10(14)11-7-9-8-12(2)5-6-13(9)3/h4,9H,1,5-8H2,2-3H3,(H,11,14). The van der Waals surface area contributed by atoms with Gasteiger partial charge < -0.3 is 10.2 Å². The van der Waals surface area contributed by atoms with Crippen LogP contribution < -0.4 is 5.32 Å². The highest BCUT2D eigenvalue weighted by Gasteiger charge is 2.21. The number of nitrogens with one attached hydrogen (secondary N) is 1. The first-order valence-corrected chi connectivity index (χ1v) is 4.92. The molecule has 1 atom stereocenters. The summed E-state index contributed by atoms with van der Waals surface area (Å²) in [6.45, 7) is 7.29. The van der Waals surface area contributed by atoms with E-state index in [2.05, 4.69) is 35.8 Å². The van der Waals surface area contributed by atoms with Crippen LogP contribution in [0, 0.1) is 0 Å². The van der Waals surface area contributed by atoms with Crippen LogP contribution in [0.5, 0.6) is 0 Å². The van der Waals surface area contributed by atoms with Crippen molar-refractivity contribution in [3.63, 3.8) is 0 Å². The Morgan fingerprint density at radius 2 is 2.29 bits per heavy atom. The summed E-state index contributed by atoms with van der Waals surface area (Å²) in [7, 11) is 4.20. The molecular formula is C10H19N3O. The molecule has 1 saturated heterocycles. The third-order valence-electron chi connectivity index (χ3n) is 2.68. The molecule has 1 unspecified atom stereocenters. The van der Waals surface area contributed by atoms with Crippen LogP contribution in [0.1, 0.15) is 0 Å². The monoisotopic (exact) mass is 197 g/mol. The van der Waals surface area contributed by atoms with Gasteiger partial charge in [-0.2, -0.15) is 0 Å². The first kappa shape index (κ1) is 11.2. The van der Waals surface area contributed by atoms with Gasteiger partial charge in [0.25, 0.3) is 0 Å². The minimum Gasteiger partial charge on any atom is -0.351 e. The Hall–Kier alpha value is -0.870. The quantitative estimate of drug-likeness (QED) is 0.622. The molecule has 0 bridgehead atoms. The summed E-state index contributed by atoms with van der Waals surface area (Å²) in [5, 5.41) is 2.83. The van der Waals surface area contributed by atoms with Gasteiger partial charge in [-0.3, -0.25) is 9.69 Å². The second-order valence-corrected chi connectivity index (χ2v) is 3.85. The molecule has 0 spiro atoms. The lowest BCUT2D eigenvalue weighted by atomic mass is 10.2. The first-order valence-electron chi connectivity index (χ1n) is 4.92. The first-order chi connectivity index (χ1) is 6.63. The molecule has 1 aliphatic heterocycles. The average Bonchev–Trinajstić information content (AvgIpc) is 2.19. The van der Waals surface area contributed by atoms with Crippen molar-refractivity contribution in [1.29, 1.82) is 0 Å². The van der Waals surface area contributed by atoms with Crippen LogP contribution in [0.15, 0.2) is 12.7 Å². The van der Waals surface area contributed by atoms with Gasteiger partial charge in [-0.25, -0.2) is 0 Å². The average molecular weight is 197 g/mol. The molecule has 1 amide bonds. The third kappa shape index (κ3) is 3.12. The zero-order chi connectivity index (χ0) is 10.6. The smallest absolute Gasteiger partial charge is 0.243 e. The zero-order valence-electron chi connectivity index (χ0n) is 8.99. The minimum absolute atomic E-state index is 0.0911. The molecule has 0 aromatic rings. The zero-order valence-corrected chi connectivity index (χ0v) is 8.99. The molecule has 4 heteroatoms. The van der Waals surface area contributed by atoms with Crippen LogP contribution in [0.2, 0.25) is 0 Å². The SMILES string of the molecule is C=CC(=O)NCC1CN(C)CCN1C. The lowest BCUT2D eigenvalue weighted by molar-refractivity contribution is -0.116. The van der Waals surface area contributed by atoms with E-state index in [-0.39, 0.29) is 5.91 Å². The van der Waals surface area contributed by atoms with Crippen LogP contribution in [-0.4, -0.2) is 62.0 Å². The summed E-state index contributed by atoms with van der Waals surface area (Å²) in [5.74, 6) is -0.0911. The van der Waals surface area contributed by atoms with Crippen LogP contribution in [-0.2, 0) is 4.79 Å². The highest BCUT2D eigenvalue weighted by atomic mass is 16.1. The van der Waals surface area contributed by atoms with Crippen LogP contribution >= 0.6 is 0 Å². The summed E-state index contributed by atoms with van der Waals surface area (Å²) in [5.41, 5.74) is 0. The highest BCUT2D eigenvalue weighted by molar-refractivity contribution is 5.86. The number of carbonyl (C=O) groups excluding carboxylic acids is 1. The molecule has 1 fully saturated rings. The predicted octanol–water partition coefficient (Wildman–Crippen LogP) is -0.466. The van der Waals surface area contributed by atoms with Crippen LogP contribution in [0.3, 0.4) is 0 Å².